The minimum Gasteiger partial charge on any atom is -0.473 e. The van der Waals surface area contributed by atoms with E-state index in [1.165, 1.54) is 17.0 Å². The molecule has 0 saturated carbocycles. The summed E-state index contributed by atoms with van der Waals surface area (Å²) in [5.41, 5.74) is 0.863. The molecule has 8 heteroatoms. The van der Waals surface area contributed by atoms with Crippen molar-refractivity contribution >= 4 is 23.2 Å². The van der Waals surface area contributed by atoms with Crippen molar-refractivity contribution < 1.29 is 13.9 Å². The first-order chi connectivity index (χ1) is 15.5. The van der Waals surface area contributed by atoms with Crippen molar-refractivity contribution in [3.63, 3.8) is 0 Å². The van der Waals surface area contributed by atoms with E-state index in [-0.39, 0.29) is 40.0 Å². The summed E-state index contributed by atoms with van der Waals surface area (Å²) in [5, 5.41) is 0.203. The van der Waals surface area contributed by atoms with E-state index in [0.29, 0.717) is 24.3 Å². The number of anilines is 1. The monoisotopic (exact) mass is 453 g/mol. The van der Waals surface area contributed by atoms with Crippen LogP contribution >= 0.6 is 11.6 Å². The van der Waals surface area contributed by atoms with E-state index in [0.717, 1.165) is 12.8 Å². The first-order valence-corrected chi connectivity index (χ1v) is 10.9. The molecule has 3 aromatic rings. The Labute approximate surface area is 189 Å². The van der Waals surface area contributed by atoms with Gasteiger partial charge in [-0.05, 0) is 18.9 Å². The number of rotatable bonds is 4. The lowest BCUT2D eigenvalue weighted by Gasteiger charge is -2.34. The fourth-order valence-electron chi connectivity index (χ4n) is 4.39. The number of carbonyl (C=O) groups excluding carboxylic acids is 1. The lowest BCUT2D eigenvalue weighted by molar-refractivity contribution is -0.126. The average Bonchev–Trinajstić information content (AvgIpc) is 3.06. The molecule has 2 aliphatic rings. The third-order valence-electron chi connectivity index (χ3n) is 5.92. The van der Waals surface area contributed by atoms with Gasteiger partial charge in [-0.25, -0.2) is 9.07 Å². The second-order valence-electron chi connectivity index (χ2n) is 7.87. The maximum absolute atomic E-state index is 15.3. The molecular weight excluding hydrogens is 433 g/mol. The van der Waals surface area contributed by atoms with Crippen molar-refractivity contribution in [3.8, 4) is 16.9 Å². The summed E-state index contributed by atoms with van der Waals surface area (Å²) in [4.78, 5) is 27.8. The maximum atomic E-state index is 15.3. The third kappa shape index (κ3) is 3.15. The van der Waals surface area contributed by atoms with Crippen molar-refractivity contribution in [3.05, 3.63) is 82.0 Å². The number of benzene rings is 2. The number of hydrogen-bond donors (Lipinski definition) is 0. The van der Waals surface area contributed by atoms with E-state index in [9.17, 15) is 9.59 Å². The molecule has 0 N–H and O–H groups in total. The van der Waals surface area contributed by atoms with E-state index in [2.05, 4.69) is 6.58 Å². The van der Waals surface area contributed by atoms with Gasteiger partial charge in [0.05, 0.1) is 11.3 Å². The second kappa shape index (κ2) is 7.98. The largest absolute Gasteiger partial charge is 0.473 e. The first-order valence-electron chi connectivity index (χ1n) is 10.5. The summed E-state index contributed by atoms with van der Waals surface area (Å²) in [6.07, 6.45) is 2.46. The molecule has 1 unspecified atom stereocenters. The summed E-state index contributed by atoms with van der Waals surface area (Å²) in [7, 11) is 0. The van der Waals surface area contributed by atoms with Gasteiger partial charge < -0.3 is 9.64 Å². The van der Waals surface area contributed by atoms with Gasteiger partial charge in [0.2, 0.25) is 6.10 Å². The van der Waals surface area contributed by atoms with Gasteiger partial charge in [0.25, 0.3) is 11.5 Å². The zero-order valence-electron chi connectivity index (χ0n) is 17.3. The molecule has 3 heterocycles. The molecule has 164 valence electrons. The molecule has 1 aromatic heterocycles. The smallest absolute Gasteiger partial charge is 0.276 e. The zero-order valence-corrected chi connectivity index (χ0v) is 18.0. The fraction of sp³-hybridized carbons (Fsp3) is 0.250. The van der Waals surface area contributed by atoms with E-state index >= 15 is 4.39 Å². The molecule has 2 aromatic carbocycles. The molecular formula is C24H21ClFN3O3. The van der Waals surface area contributed by atoms with Crippen LogP contribution in [0.25, 0.3) is 11.1 Å². The Hall–Kier alpha value is -3.32. The number of amides is 1. The minimum atomic E-state index is -0.898. The highest BCUT2D eigenvalue weighted by atomic mass is 35.5. The molecule has 0 radical (unpaired) electrons. The van der Waals surface area contributed by atoms with Crippen LogP contribution < -0.4 is 15.2 Å². The number of fused-ring (bicyclic) bond motifs is 2. The van der Waals surface area contributed by atoms with E-state index in [4.69, 9.17) is 16.3 Å². The van der Waals surface area contributed by atoms with E-state index in [1.807, 2.05) is 18.2 Å². The van der Waals surface area contributed by atoms with Gasteiger partial charge >= 0.3 is 0 Å². The normalized spacial score (nSPS) is 17.5. The topological polar surface area (TPSA) is 56.5 Å². The predicted molar refractivity (Wildman–Crippen MR) is 121 cm³/mol. The Morgan fingerprint density at radius 1 is 1.12 bits per heavy atom. The van der Waals surface area contributed by atoms with Crippen molar-refractivity contribution in [2.75, 3.05) is 11.4 Å². The standard InChI is InChI=1S/C24H21ClFN3O3/c1-2-10-27-18-13-16(20-22(25)28-11-6-7-12-29(28)23(20)30)17(26)14-19(18)32-21(24(27)31)15-8-4-3-5-9-15/h2-5,8-9,13-14,21H,1,6-7,10-12H2. The van der Waals surface area contributed by atoms with Crippen molar-refractivity contribution in [1.29, 1.82) is 0 Å². The summed E-state index contributed by atoms with van der Waals surface area (Å²) in [6, 6.07) is 11.7. The zero-order chi connectivity index (χ0) is 22.4. The van der Waals surface area contributed by atoms with Crippen LogP contribution in [0.2, 0.25) is 5.15 Å². The number of halogens is 2. The quantitative estimate of drug-likeness (QED) is 0.544. The highest BCUT2D eigenvalue weighted by molar-refractivity contribution is 6.32. The van der Waals surface area contributed by atoms with Crippen LogP contribution in [0.3, 0.4) is 0 Å². The number of hydrogen-bond acceptors (Lipinski definition) is 3. The van der Waals surface area contributed by atoms with Gasteiger partial charge in [0.15, 0.2) is 0 Å². The molecule has 6 nitrogen and oxygen atoms in total. The number of ether oxygens (including phenoxy) is 1. The van der Waals surface area contributed by atoms with Gasteiger partial charge in [0.1, 0.15) is 16.7 Å². The Kier molecular flexibility index (Phi) is 5.13. The highest BCUT2D eigenvalue weighted by Crippen LogP contribution is 2.43. The Bertz CT molecular complexity index is 1280. The number of nitrogens with zero attached hydrogens (tertiary/aromatic N) is 3. The molecule has 0 spiro atoms. The first kappa shape index (κ1) is 20.6. The van der Waals surface area contributed by atoms with Gasteiger partial charge in [-0.2, -0.15) is 0 Å². The second-order valence-corrected chi connectivity index (χ2v) is 8.23. The summed E-state index contributed by atoms with van der Waals surface area (Å²) >= 11 is 6.51. The van der Waals surface area contributed by atoms with Crippen LogP contribution in [-0.4, -0.2) is 21.8 Å². The van der Waals surface area contributed by atoms with E-state index < -0.39 is 11.9 Å². The van der Waals surface area contributed by atoms with Crippen LogP contribution in [0.1, 0.15) is 24.5 Å². The van der Waals surface area contributed by atoms with Gasteiger partial charge in [-0.15, -0.1) is 6.58 Å². The minimum absolute atomic E-state index is 0.0526. The predicted octanol–water partition coefficient (Wildman–Crippen LogP) is 4.56. The molecule has 2 aliphatic heterocycles. The van der Waals surface area contributed by atoms with Crippen LogP contribution in [0, 0.1) is 5.82 Å². The van der Waals surface area contributed by atoms with Crippen molar-refractivity contribution in [2.45, 2.75) is 32.0 Å². The number of carbonyl (C=O) groups is 1. The Morgan fingerprint density at radius 3 is 2.53 bits per heavy atom. The van der Waals surface area contributed by atoms with Crippen LogP contribution in [0.15, 0.2) is 59.9 Å². The maximum Gasteiger partial charge on any atom is 0.276 e. The van der Waals surface area contributed by atoms with Crippen LogP contribution in [-0.2, 0) is 17.9 Å². The SMILES string of the molecule is C=CCN1C(=O)C(c2ccccc2)Oc2cc(F)c(-c3c(Cl)n4n(c3=O)CCCC4)cc21. The average molecular weight is 454 g/mol. The lowest BCUT2D eigenvalue weighted by Crippen LogP contribution is -2.41. The lowest BCUT2D eigenvalue weighted by atomic mass is 10.0. The van der Waals surface area contributed by atoms with Gasteiger partial charge in [-0.3, -0.25) is 14.3 Å². The molecule has 32 heavy (non-hydrogen) atoms. The molecule has 1 atom stereocenters. The molecule has 0 bridgehead atoms. The Morgan fingerprint density at radius 2 is 1.84 bits per heavy atom. The molecule has 1 amide bonds. The molecule has 5 rings (SSSR count). The van der Waals surface area contributed by atoms with Gasteiger partial charge in [-0.1, -0.05) is 48.0 Å². The Balaban J connectivity index is 1.66. The summed E-state index contributed by atoms with van der Waals surface area (Å²) < 4.78 is 24.5. The van der Waals surface area contributed by atoms with Crippen LogP contribution in [0.4, 0.5) is 10.1 Å². The molecule has 0 aliphatic carbocycles. The van der Waals surface area contributed by atoms with E-state index in [1.54, 1.807) is 27.6 Å². The van der Waals surface area contributed by atoms with Crippen LogP contribution in [0.5, 0.6) is 5.75 Å². The van der Waals surface area contributed by atoms with Gasteiger partial charge in [0, 0.05) is 36.8 Å². The fourth-order valence-corrected chi connectivity index (χ4v) is 4.74. The van der Waals surface area contributed by atoms with Crippen molar-refractivity contribution in [1.82, 2.24) is 9.36 Å². The molecule has 0 saturated heterocycles. The summed E-state index contributed by atoms with van der Waals surface area (Å²) in [6.45, 7) is 5.09. The van der Waals surface area contributed by atoms with Crippen molar-refractivity contribution in [2.24, 2.45) is 0 Å². The molecule has 0 fully saturated rings. The third-order valence-corrected chi connectivity index (χ3v) is 6.30. The highest BCUT2D eigenvalue weighted by Gasteiger charge is 2.36. The number of aromatic nitrogens is 2. The summed E-state index contributed by atoms with van der Waals surface area (Å²) in [5.74, 6) is -0.701.